The van der Waals surface area contributed by atoms with Crippen LogP contribution in [0.2, 0.25) is 0 Å². The zero-order valence-electron chi connectivity index (χ0n) is 10.7. The topological polar surface area (TPSA) is 83.5 Å². The van der Waals surface area contributed by atoms with Crippen molar-refractivity contribution in [1.82, 2.24) is 5.32 Å². The maximum Gasteiger partial charge on any atom is 0.320 e. The van der Waals surface area contributed by atoms with Gasteiger partial charge in [-0.1, -0.05) is 25.1 Å². The molecule has 0 unspecified atom stereocenters. The second-order valence-corrected chi connectivity index (χ2v) is 6.86. The van der Waals surface area contributed by atoms with Crippen molar-refractivity contribution >= 4 is 15.8 Å². The molecule has 19 heavy (non-hydrogen) atoms. The summed E-state index contributed by atoms with van der Waals surface area (Å²) in [5.74, 6) is -0.999. The second-order valence-electron chi connectivity index (χ2n) is 4.66. The molecule has 0 aliphatic carbocycles. The van der Waals surface area contributed by atoms with Crippen LogP contribution in [0, 0.1) is 0 Å². The summed E-state index contributed by atoms with van der Waals surface area (Å²) in [5.41, 5.74) is 0.779. The van der Waals surface area contributed by atoms with Gasteiger partial charge >= 0.3 is 5.97 Å². The number of nitrogens with one attached hydrogen (secondary N) is 1. The van der Waals surface area contributed by atoms with Crippen LogP contribution in [0.1, 0.15) is 18.9 Å². The van der Waals surface area contributed by atoms with E-state index in [0.717, 1.165) is 5.56 Å². The van der Waals surface area contributed by atoms with Crippen LogP contribution in [-0.2, 0) is 21.1 Å². The molecule has 5 nitrogen and oxygen atoms in total. The Labute approximate surface area is 112 Å². The molecule has 0 spiro atoms. The SMILES string of the molecule is CCc1ccccc1S(=O)(=O)[C@H]1CN[C@H](C(=O)O)C1. The third-order valence-corrected chi connectivity index (χ3v) is 5.74. The Hall–Kier alpha value is -1.40. The normalized spacial score (nSPS) is 23.4. The summed E-state index contributed by atoms with van der Waals surface area (Å²) < 4.78 is 25.1. The number of carboxylic acid groups (broad SMARTS) is 1. The van der Waals surface area contributed by atoms with Crippen LogP contribution in [-0.4, -0.2) is 37.3 Å². The molecule has 1 aliphatic heterocycles. The van der Waals surface area contributed by atoms with E-state index in [2.05, 4.69) is 5.32 Å². The van der Waals surface area contributed by atoms with Gasteiger partial charge in [0.15, 0.2) is 9.84 Å². The van der Waals surface area contributed by atoms with Gasteiger partial charge in [-0.3, -0.25) is 4.79 Å². The highest BCUT2D eigenvalue weighted by molar-refractivity contribution is 7.92. The maximum absolute atomic E-state index is 12.5. The number of aliphatic carboxylic acids is 1. The van der Waals surface area contributed by atoms with Gasteiger partial charge in [0.2, 0.25) is 0 Å². The lowest BCUT2D eigenvalue weighted by atomic mass is 10.2. The highest BCUT2D eigenvalue weighted by atomic mass is 32.2. The Kier molecular flexibility index (Phi) is 3.91. The average Bonchev–Trinajstić information content (AvgIpc) is 2.89. The fraction of sp³-hybridized carbons (Fsp3) is 0.462. The van der Waals surface area contributed by atoms with E-state index in [1.54, 1.807) is 18.2 Å². The second kappa shape index (κ2) is 5.30. The fourth-order valence-electron chi connectivity index (χ4n) is 2.38. The number of aryl methyl sites for hydroxylation is 1. The van der Waals surface area contributed by atoms with E-state index in [9.17, 15) is 13.2 Å². The van der Waals surface area contributed by atoms with Crippen molar-refractivity contribution in [3.63, 3.8) is 0 Å². The molecular weight excluding hydrogens is 266 g/mol. The molecule has 1 aromatic carbocycles. The Morgan fingerprint density at radius 1 is 1.42 bits per heavy atom. The quantitative estimate of drug-likeness (QED) is 0.855. The Balaban J connectivity index is 2.31. The third kappa shape index (κ3) is 2.64. The number of carbonyl (C=O) groups is 1. The van der Waals surface area contributed by atoms with Gasteiger partial charge in [-0.15, -0.1) is 0 Å². The summed E-state index contributed by atoms with van der Waals surface area (Å²) in [7, 11) is -3.47. The van der Waals surface area contributed by atoms with Crippen molar-refractivity contribution in [3.8, 4) is 0 Å². The van der Waals surface area contributed by atoms with E-state index in [1.807, 2.05) is 13.0 Å². The lowest BCUT2D eigenvalue weighted by Crippen LogP contribution is -2.30. The van der Waals surface area contributed by atoms with Crippen LogP contribution in [0.4, 0.5) is 0 Å². The molecule has 2 N–H and O–H groups in total. The van der Waals surface area contributed by atoms with Crippen molar-refractivity contribution in [3.05, 3.63) is 29.8 Å². The number of benzene rings is 1. The van der Waals surface area contributed by atoms with Crippen molar-refractivity contribution in [2.45, 2.75) is 36.0 Å². The highest BCUT2D eigenvalue weighted by Gasteiger charge is 2.38. The van der Waals surface area contributed by atoms with Crippen LogP contribution in [0.25, 0.3) is 0 Å². The molecule has 0 saturated carbocycles. The van der Waals surface area contributed by atoms with E-state index in [1.165, 1.54) is 0 Å². The summed E-state index contributed by atoms with van der Waals surface area (Å²) in [4.78, 5) is 11.2. The highest BCUT2D eigenvalue weighted by Crippen LogP contribution is 2.25. The smallest absolute Gasteiger partial charge is 0.320 e. The number of sulfone groups is 1. The summed E-state index contributed by atoms with van der Waals surface area (Å²) in [6, 6.07) is 6.13. The molecule has 0 amide bonds. The number of rotatable bonds is 4. The first-order valence-electron chi connectivity index (χ1n) is 6.24. The minimum Gasteiger partial charge on any atom is -0.480 e. The van der Waals surface area contributed by atoms with Gasteiger partial charge in [0.05, 0.1) is 10.1 Å². The Bertz CT molecular complexity index is 582. The van der Waals surface area contributed by atoms with Crippen molar-refractivity contribution < 1.29 is 18.3 Å². The van der Waals surface area contributed by atoms with Crippen LogP contribution in [0.5, 0.6) is 0 Å². The average molecular weight is 283 g/mol. The Morgan fingerprint density at radius 2 is 2.11 bits per heavy atom. The zero-order chi connectivity index (χ0) is 14.0. The first kappa shape index (κ1) is 14.0. The number of hydrogen-bond acceptors (Lipinski definition) is 4. The van der Waals surface area contributed by atoms with Crippen molar-refractivity contribution in [2.24, 2.45) is 0 Å². The first-order chi connectivity index (χ1) is 8.96. The van der Waals surface area contributed by atoms with E-state index in [-0.39, 0.29) is 13.0 Å². The fourth-order valence-corrected chi connectivity index (χ4v) is 4.35. The van der Waals surface area contributed by atoms with Gasteiger partial charge in [-0.2, -0.15) is 0 Å². The zero-order valence-corrected chi connectivity index (χ0v) is 11.5. The maximum atomic E-state index is 12.5. The predicted octanol–water partition coefficient (Wildman–Crippen LogP) is 0.838. The van der Waals surface area contributed by atoms with Gasteiger partial charge in [0, 0.05) is 6.54 Å². The van der Waals surface area contributed by atoms with Gasteiger partial charge in [-0.05, 0) is 24.5 Å². The molecule has 1 fully saturated rings. The van der Waals surface area contributed by atoms with Crippen LogP contribution < -0.4 is 5.32 Å². The van der Waals surface area contributed by atoms with Gasteiger partial charge < -0.3 is 10.4 Å². The standard InChI is InChI=1S/C13H17NO4S/c1-2-9-5-3-4-6-12(9)19(17,18)10-7-11(13(15)16)14-8-10/h3-6,10-11,14H,2,7-8H2,1H3,(H,15,16)/t10-,11+/m1/s1. The van der Waals surface area contributed by atoms with Crippen LogP contribution >= 0.6 is 0 Å². The van der Waals surface area contributed by atoms with E-state index in [0.29, 0.717) is 11.3 Å². The molecule has 0 bridgehead atoms. The lowest BCUT2D eigenvalue weighted by Gasteiger charge is -2.13. The van der Waals surface area contributed by atoms with Gasteiger partial charge in [-0.25, -0.2) is 8.42 Å². The Morgan fingerprint density at radius 3 is 2.68 bits per heavy atom. The summed E-state index contributed by atoms with van der Waals surface area (Å²) >= 11 is 0. The summed E-state index contributed by atoms with van der Waals surface area (Å²) in [6.45, 7) is 2.10. The molecule has 1 saturated heterocycles. The van der Waals surface area contributed by atoms with Crippen LogP contribution in [0.15, 0.2) is 29.2 Å². The van der Waals surface area contributed by atoms with E-state index in [4.69, 9.17) is 5.11 Å². The van der Waals surface area contributed by atoms with E-state index >= 15 is 0 Å². The molecule has 6 heteroatoms. The molecule has 0 aromatic heterocycles. The van der Waals surface area contributed by atoms with Gasteiger partial charge in [0.1, 0.15) is 6.04 Å². The minimum atomic E-state index is -3.47. The minimum absolute atomic E-state index is 0.121. The molecule has 2 rings (SSSR count). The molecule has 2 atom stereocenters. The molecule has 1 aromatic rings. The molecule has 1 aliphatic rings. The summed E-state index contributed by atoms with van der Waals surface area (Å²) in [6.07, 6.45) is 0.758. The molecular formula is C13H17NO4S. The van der Waals surface area contributed by atoms with E-state index < -0.39 is 27.1 Å². The number of carboxylic acids is 1. The van der Waals surface area contributed by atoms with Crippen molar-refractivity contribution in [1.29, 1.82) is 0 Å². The molecule has 1 heterocycles. The van der Waals surface area contributed by atoms with Crippen LogP contribution in [0.3, 0.4) is 0 Å². The predicted molar refractivity (Wildman–Crippen MR) is 70.8 cm³/mol. The number of hydrogen-bond donors (Lipinski definition) is 2. The third-order valence-electron chi connectivity index (χ3n) is 3.49. The summed E-state index contributed by atoms with van der Waals surface area (Å²) in [5, 5.41) is 11.0. The van der Waals surface area contributed by atoms with Gasteiger partial charge in [0.25, 0.3) is 0 Å². The largest absolute Gasteiger partial charge is 0.480 e. The molecule has 104 valence electrons. The first-order valence-corrected chi connectivity index (χ1v) is 7.79. The monoisotopic (exact) mass is 283 g/mol. The molecule has 0 radical (unpaired) electrons. The van der Waals surface area contributed by atoms with Crippen molar-refractivity contribution in [2.75, 3.05) is 6.54 Å². The lowest BCUT2D eigenvalue weighted by molar-refractivity contribution is -0.139.